The Bertz CT molecular complexity index is 336. The first-order valence-electron chi connectivity index (χ1n) is 5.30. The Labute approximate surface area is 96.0 Å². The maximum absolute atomic E-state index is 13.8. The van der Waals surface area contributed by atoms with E-state index in [1.807, 2.05) is 20.8 Å². The van der Waals surface area contributed by atoms with E-state index < -0.39 is 6.17 Å². The first kappa shape index (κ1) is 12.9. The normalized spacial score (nSPS) is 13.6. The lowest BCUT2D eigenvalue weighted by molar-refractivity contribution is 0.290. The molecule has 0 aliphatic heterocycles. The van der Waals surface area contributed by atoms with Gasteiger partial charge in [-0.3, -0.25) is 4.98 Å². The summed E-state index contributed by atoms with van der Waals surface area (Å²) in [6.07, 6.45) is 2.02. The van der Waals surface area contributed by atoms with Crippen LogP contribution < -0.4 is 10.1 Å². The standard InChI is InChI=1S/C12H19FN2O/c1-12(2,3)15-8-11(13)9-5-10(16-4)7-14-6-9/h5-7,11,15H,8H2,1-4H3. The molecule has 0 saturated heterocycles. The second kappa shape index (κ2) is 5.25. The van der Waals surface area contributed by atoms with Crippen LogP contribution in [-0.4, -0.2) is 24.2 Å². The van der Waals surface area contributed by atoms with Gasteiger partial charge < -0.3 is 10.1 Å². The van der Waals surface area contributed by atoms with Crippen molar-refractivity contribution in [3.8, 4) is 5.75 Å². The topological polar surface area (TPSA) is 34.1 Å². The molecule has 1 aromatic rings. The molecule has 0 aliphatic carbocycles. The van der Waals surface area contributed by atoms with Gasteiger partial charge in [0.2, 0.25) is 0 Å². The molecule has 0 aliphatic rings. The minimum atomic E-state index is -1.07. The second-order valence-electron chi connectivity index (χ2n) is 4.76. The summed E-state index contributed by atoms with van der Waals surface area (Å²) in [6.45, 7) is 6.29. The van der Waals surface area contributed by atoms with Gasteiger partial charge in [-0.15, -0.1) is 0 Å². The highest BCUT2D eigenvalue weighted by Crippen LogP contribution is 2.20. The zero-order valence-corrected chi connectivity index (χ0v) is 10.2. The van der Waals surface area contributed by atoms with E-state index in [1.54, 1.807) is 19.4 Å². The number of hydrogen-bond acceptors (Lipinski definition) is 3. The number of pyridine rings is 1. The molecule has 1 atom stereocenters. The van der Waals surface area contributed by atoms with Crippen LogP contribution in [0.25, 0.3) is 0 Å². The van der Waals surface area contributed by atoms with Gasteiger partial charge in [0.1, 0.15) is 11.9 Å². The van der Waals surface area contributed by atoms with E-state index in [0.717, 1.165) is 0 Å². The fraction of sp³-hybridized carbons (Fsp3) is 0.583. The van der Waals surface area contributed by atoms with Gasteiger partial charge in [-0.2, -0.15) is 0 Å². The van der Waals surface area contributed by atoms with Gasteiger partial charge in [-0.1, -0.05) is 0 Å². The lowest BCUT2D eigenvalue weighted by atomic mass is 10.1. The predicted molar refractivity (Wildman–Crippen MR) is 62.4 cm³/mol. The summed E-state index contributed by atoms with van der Waals surface area (Å²) in [5, 5.41) is 3.11. The fourth-order valence-electron chi connectivity index (χ4n) is 1.23. The average molecular weight is 226 g/mol. The van der Waals surface area contributed by atoms with Crippen molar-refractivity contribution in [1.29, 1.82) is 0 Å². The third-order valence-electron chi connectivity index (χ3n) is 2.14. The maximum Gasteiger partial charge on any atom is 0.139 e. The van der Waals surface area contributed by atoms with Crippen molar-refractivity contribution >= 4 is 0 Å². The third kappa shape index (κ3) is 4.14. The van der Waals surface area contributed by atoms with Crippen molar-refractivity contribution < 1.29 is 9.13 Å². The number of alkyl halides is 1. The van der Waals surface area contributed by atoms with E-state index in [2.05, 4.69) is 10.3 Å². The molecule has 1 heterocycles. The molecule has 3 nitrogen and oxygen atoms in total. The summed E-state index contributed by atoms with van der Waals surface area (Å²) in [6, 6.07) is 1.67. The number of nitrogens with one attached hydrogen (secondary N) is 1. The molecule has 0 spiro atoms. The van der Waals surface area contributed by atoms with Gasteiger partial charge in [0.25, 0.3) is 0 Å². The van der Waals surface area contributed by atoms with Crippen molar-refractivity contribution in [3.05, 3.63) is 24.0 Å². The van der Waals surface area contributed by atoms with Crippen LogP contribution in [0.5, 0.6) is 5.75 Å². The monoisotopic (exact) mass is 226 g/mol. The Hall–Kier alpha value is -1.16. The smallest absolute Gasteiger partial charge is 0.139 e. The summed E-state index contributed by atoms with van der Waals surface area (Å²) in [5.74, 6) is 0.580. The van der Waals surface area contributed by atoms with Crippen LogP contribution in [0.15, 0.2) is 18.5 Å². The lowest BCUT2D eigenvalue weighted by Crippen LogP contribution is -2.37. The van der Waals surface area contributed by atoms with Crippen LogP contribution in [0.1, 0.15) is 32.5 Å². The molecule has 1 unspecified atom stereocenters. The molecule has 1 aromatic heterocycles. The highest BCUT2D eigenvalue weighted by Gasteiger charge is 2.15. The second-order valence-corrected chi connectivity index (χ2v) is 4.76. The molecule has 0 amide bonds. The van der Waals surface area contributed by atoms with Crippen molar-refractivity contribution in [3.63, 3.8) is 0 Å². The summed E-state index contributed by atoms with van der Waals surface area (Å²) in [4.78, 5) is 3.93. The van der Waals surface area contributed by atoms with Gasteiger partial charge in [-0.25, -0.2) is 4.39 Å². The van der Waals surface area contributed by atoms with Gasteiger partial charge in [0.15, 0.2) is 0 Å². The Kier molecular flexibility index (Phi) is 4.24. The lowest BCUT2D eigenvalue weighted by Gasteiger charge is -2.22. The van der Waals surface area contributed by atoms with E-state index in [9.17, 15) is 4.39 Å². The summed E-state index contributed by atoms with van der Waals surface area (Å²) in [5.41, 5.74) is 0.451. The van der Waals surface area contributed by atoms with Crippen LogP contribution in [-0.2, 0) is 0 Å². The van der Waals surface area contributed by atoms with Crippen molar-refractivity contribution in [2.45, 2.75) is 32.5 Å². The van der Waals surface area contributed by atoms with Crippen molar-refractivity contribution in [2.75, 3.05) is 13.7 Å². The minimum Gasteiger partial charge on any atom is -0.495 e. The Morgan fingerprint density at radius 3 is 2.69 bits per heavy atom. The van der Waals surface area contributed by atoms with E-state index in [-0.39, 0.29) is 12.1 Å². The van der Waals surface area contributed by atoms with Crippen LogP contribution in [0.3, 0.4) is 0 Å². The Morgan fingerprint density at radius 1 is 1.44 bits per heavy atom. The molecule has 90 valence electrons. The van der Waals surface area contributed by atoms with Crippen molar-refractivity contribution in [1.82, 2.24) is 10.3 Å². The fourth-order valence-corrected chi connectivity index (χ4v) is 1.23. The van der Waals surface area contributed by atoms with Gasteiger partial charge in [0.05, 0.1) is 13.3 Å². The maximum atomic E-state index is 13.8. The van der Waals surface area contributed by atoms with E-state index >= 15 is 0 Å². The first-order chi connectivity index (χ1) is 7.42. The quantitative estimate of drug-likeness (QED) is 0.856. The highest BCUT2D eigenvalue weighted by molar-refractivity contribution is 5.25. The van der Waals surface area contributed by atoms with Gasteiger partial charge >= 0.3 is 0 Å². The van der Waals surface area contributed by atoms with Gasteiger partial charge in [-0.05, 0) is 26.8 Å². The molecule has 0 saturated carbocycles. The summed E-state index contributed by atoms with van der Waals surface area (Å²) >= 11 is 0. The predicted octanol–water partition coefficient (Wildman–Crippen LogP) is 2.49. The van der Waals surface area contributed by atoms with Gasteiger partial charge in [0, 0.05) is 23.8 Å². The zero-order chi connectivity index (χ0) is 12.2. The van der Waals surface area contributed by atoms with Crippen LogP contribution in [0.4, 0.5) is 4.39 Å². The number of methoxy groups -OCH3 is 1. The molecular weight excluding hydrogens is 207 g/mol. The number of nitrogens with zero attached hydrogens (tertiary/aromatic N) is 1. The molecule has 0 fully saturated rings. The molecule has 1 rings (SSSR count). The SMILES string of the molecule is COc1cncc(C(F)CNC(C)(C)C)c1. The largest absolute Gasteiger partial charge is 0.495 e. The summed E-state index contributed by atoms with van der Waals surface area (Å²) < 4.78 is 18.8. The molecule has 0 bridgehead atoms. The highest BCUT2D eigenvalue weighted by atomic mass is 19.1. The molecule has 1 N–H and O–H groups in total. The average Bonchev–Trinajstić information content (AvgIpc) is 2.25. The number of halogens is 1. The van der Waals surface area contributed by atoms with E-state index in [0.29, 0.717) is 11.3 Å². The number of ether oxygens (including phenoxy) is 1. The zero-order valence-electron chi connectivity index (χ0n) is 10.2. The Morgan fingerprint density at radius 2 is 2.12 bits per heavy atom. The first-order valence-corrected chi connectivity index (χ1v) is 5.30. The van der Waals surface area contributed by atoms with E-state index in [1.165, 1.54) is 6.20 Å². The number of aromatic nitrogens is 1. The number of hydrogen-bond donors (Lipinski definition) is 1. The third-order valence-corrected chi connectivity index (χ3v) is 2.14. The molecule has 4 heteroatoms. The van der Waals surface area contributed by atoms with Crippen molar-refractivity contribution in [2.24, 2.45) is 0 Å². The van der Waals surface area contributed by atoms with Crippen LogP contribution >= 0.6 is 0 Å². The minimum absolute atomic E-state index is 0.0867. The number of rotatable bonds is 4. The van der Waals surface area contributed by atoms with Crippen LogP contribution in [0.2, 0.25) is 0 Å². The molecular formula is C12H19FN2O. The Balaban J connectivity index is 2.62. The molecule has 16 heavy (non-hydrogen) atoms. The molecule has 0 radical (unpaired) electrons. The molecule has 0 aromatic carbocycles. The van der Waals surface area contributed by atoms with Crippen LogP contribution in [0, 0.1) is 0 Å². The van der Waals surface area contributed by atoms with E-state index in [4.69, 9.17) is 4.74 Å². The summed E-state index contributed by atoms with van der Waals surface area (Å²) in [7, 11) is 1.54.